The number of aromatic amines is 1. The van der Waals surface area contributed by atoms with Crippen molar-refractivity contribution in [1.29, 1.82) is 0 Å². The zero-order chi connectivity index (χ0) is 15.1. The van der Waals surface area contributed by atoms with E-state index in [0.29, 0.717) is 0 Å². The van der Waals surface area contributed by atoms with Crippen molar-refractivity contribution >= 4 is 16.7 Å². The van der Waals surface area contributed by atoms with E-state index in [4.69, 9.17) is 0 Å². The number of benzene rings is 2. The predicted octanol–water partition coefficient (Wildman–Crippen LogP) is 3.63. The molecule has 0 amide bonds. The first-order valence-corrected chi connectivity index (χ1v) is 7.39. The number of hydrogen-bond acceptors (Lipinski definition) is 2. The van der Waals surface area contributed by atoms with Crippen molar-refractivity contribution in [3.63, 3.8) is 0 Å². The number of aryl methyl sites for hydroxylation is 1. The Hall–Kier alpha value is -2.62. The van der Waals surface area contributed by atoms with Crippen molar-refractivity contribution in [3.8, 4) is 11.3 Å². The van der Waals surface area contributed by atoms with Gasteiger partial charge < -0.3 is 10.3 Å². The summed E-state index contributed by atoms with van der Waals surface area (Å²) in [6.07, 6.45) is 0. The highest BCUT2D eigenvalue weighted by Crippen LogP contribution is 2.31. The normalized spacial score (nSPS) is 14.2. The van der Waals surface area contributed by atoms with E-state index < -0.39 is 0 Å². The number of aromatic nitrogens is 1. The fraction of sp³-hybridized carbons (Fsp3) is 0.167. The van der Waals surface area contributed by atoms with Crippen molar-refractivity contribution in [2.45, 2.75) is 6.92 Å². The summed E-state index contributed by atoms with van der Waals surface area (Å²) in [5, 5.41) is 4.16. The lowest BCUT2D eigenvalue weighted by molar-refractivity contribution is 0.629. The minimum absolute atomic E-state index is 0.234. The largest absolute Gasteiger partial charge is 0.368 e. The number of hydrogen-bond donors (Lipinski definition) is 2. The Labute approximate surface area is 127 Å². The molecule has 0 atom stereocenters. The molecule has 0 spiro atoms. The first-order chi connectivity index (χ1) is 10.7. The lowest BCUT2D eigenvalue weighted by Gasteiger charge is -2.06. The van der Waals surface area contributed by atoms with E-state index in [0.717, 1.165) is 46.6 Å². The van der Waals surface area contributed by atoms with Crippen LogP contribution >= 0.6 is 0 Å². The smallest absolute Gasteiger partial charge is 0.131 e. The van der Waals surface area contributed by atoms with E-state index >= 15 is 0 Å². The van der Waals surface area contributed by atoms with Crippen molar-refractivity contribution in [2.24, 2.45) is 4.99 Å². The molecule has 0 saturated heterocycles. The molecular weight excluding hydrogens is 277 g/mol. The summed E-state index contributed by atoms with van der Waals surface area (Å²) in [6.45, 7) is 3.64. The highest BCUT2D eigenvalue weighted by atomic mass is 19.1. The Morgan fingerprint density at radius 3 is 2.64 bits per heavy atom. The van der Waals surface area contributed by atoms with Gasteiger partial charge in [-0.3, -0.25) is 4.99 Å². The zero-order valence-electron chi connectivity index (χ0n) is 12.3. The SMILES string of the molecule is Cc1ccc(-c2[nH]c3ccc(F)cc3c2C2=NCCN2)cc1. The molecule has 1 aromatic heterocycles. The summed E-state index contributed by atoms with van der Waals surface area (Å²) in [5.41, 5.74) is 5.14. The molecule has 0 bridgehead atoms. The molecule has 0 fully saturated rings. The minimum atomic E-state index is -0.234. The summed E-state index contributed by atoms with van der Waals surface area (Å²) < 4.78 is 13.7. The van der Waals surface area contributed by atoms with Gasteiger partial charge in [0.1, 0.15) is 11.7 Å². The molecular formula is C18H16FN3. The third kappa shape index (κ3) is 2.08. The molecule has 4 rings (SSSR count). The molecule has 2 N–H and O–H groups in total. The molecule has 0 aliphatic carbocycles. The van der Waals surface area contributed by atoms with Crippen LogP contribution in [0.15, 0.2) is 47.5 Å². The van der Waals surface area contributed by atoms with Gasteiger partial charge in [-0.15, -0.1) is 0 Å². The monoisotopic (exact) mass is 293 g/mol. The molecule has 2 heterocycles. The van der Waals surface area contributed by atoms with Gasteiger partial charge in [-0.2, -0.15) is 0 Å². The number of fused-ring (bicyclic) bond motifs is 1. The lowest BCUT2D eigenvalue weighted by atomic mass is 10.0. The average molecular weight is 293 g/mol. The Balaban J connectivity index is 2.00. The Morgan fingerprint density at radius 1 is 1.09 bits per heavy atom. The van der Waals surface area contributed by atoms with E-state index in [1.54, 1.807) is 12.1 Å². The summed E-state index contributed by atoms with van der Waals surface area (Å²) in [7, 11) is 0. The van der Waals surface area contributed by atoms with Crippen LogP contribution in [0, 0.1) is 12.7 Å². The van der Waals surface area contributed by atoms with E-state index in [-0.39, 0.29) is 5.82 Å². The Morgan fingerprint density at radius 2 is 1.91 bits per heavy atom. The number of H-pyrrole nitrogens is 1. The molecule has 3 nitrogen and oxygen atoms in total. The second-order valence-electron chi connectivity index (χ2n) is 5.59. The molecule has 0 saturated carbocycles. The van der Waals surface area contributed by atoms with Gasteiger partial charge >= 0.3 is 0 Å². The van der Waals surface area contributed by atoms with E-state index in [9.17, 15) is 4.39 Å². The van der Waals surface area contributed by atoms with Gasteiger partial charge in [0.2, 0.25) is 0 Å². The Kier molecular flexibility index (Phi) is 2.96. The highest BCUT2D eigenvalue weighted by molar-refractivity contribution is 6.15. The van der Waals surface area contributed by atoms with Crippen LogP contribution in [0.25, 0.3) is 22.2 Å². The van der Waals surface area contributed by atoms with Gasteiger partial charge in [0.15, 0.2) is 0 Å². The maximum atomic E-state index is 13.7. The van der Waals surface area contributed by atoms with E-state index in [2.05, 4.69) is 46.5 Å². The summed E-state index contributed by atoms with van der Waals surface area (Å²) >= 11 is 0. The summed E-state index contributed by atoms with van der Waals surface area (Å²) in [6, 6.07) is 13.1. The summed E-state index contributed by atoms with van der Waals surface area (Å²) in [4.78, 5) is 7.94. The van der Waals surface area contributed by atoms with Crippen LogP contribution in [0.4, 0.5) is 4.39 Å². The van der Waals surface area contributed by atoms with Crippen LogP contribution in [-0.2, 0) is 0 Å². The van der Waals surface area contributed by atoms with Crippen molar-refractivity contribution < 1.29 is 4.39 Å². The predicted molar refractivity (Wildman–Crippen MR) is 87.8 cm³/mol. The van der Waals surface area contributed by atoms with Crippen LogP contribution in [0.5, 0.6) is 0 Å². The van der Waals surface area contributed by atoms with Crippen molar-refractivity contribution in [2.75, 3.05) is 13.1 Å². The fourth-order valence-corrected chi connectivity index (χ4v) is 2.91. The Bertz CT molecular complexity index is 875. The van der Waals surface area contributed by atoms with Crippen LogP contribution < -0.4 is 5.32 Å². The van der Waals surface area contributed by atoms with Crippen molar-refractivity contribution in [1.82, 2.24) is 10.3 Å². The molecule has 0 unspecified atom stereocenters. The van der Waals surface area contributed by atoms with E-state index in [1.807, 2.05) is 0 Å². The van der Waals surface area contributed by atoms with E-state index in [1.165, 1.54) is 11.6 Å². The highest BCUT2D eigenvalue weighted by Gasteiger charge is 2.20. The maximum Gasteiger partial charge on any atom is 0.131 e. The van der Waals surface area contributed by atoms with Crippen LogP contribution in [-0.4, -0.2) is 23.9 Å². The second kappa shape index (κ2) is 4.98. The number of aliphatic imine (C=N–C) groups is 1. The number of amidine groups is 1. The fourth-order valence-electron chi connectivity index (χ4n) is 2.91. The summed E-state index contributed by atoms with van der Waals surface area (Å²) in [5.74, 6) is 0.606. The maximum absolute atomic E-state index is 13.7. The topological polar surface area (TPSA) is 40.2 Å². The molecule has 1 aliphatic heterocycles. The average Bonchev–Trinajstić information content (AvgIpc) is 3.14. The standard InChI is InChI=1S/C18H16FN3/c1-11-2-4-12(5-3-11)17-16(18-20-8-9-21-18)14-10-13(19)6-7-15(14)22-17/h2-7,10,22H,8-9H2,1H3,(H,20,21). The number of nitrogens with zero attached hydrogens (tertiary/aromatic N) is 1. The number of rotatable bonds is 2. The molecule has 2 aromatic carbocycles. The van der Waals surface area contributed by atoms with Crippen LogP contribution in [0.1, 0.15) is 11.1 Å². The van der Waals surface area contributed by atoms with Gasteiger partial charge in [0.05, 0.1) is 12.2 Å². The molecule has 4 heteroatoms. The minimum Gasteiger partial charge on any atom is -0.368 e. The number of halogens is 1. The van der Waals surface area contributed by atoms with Crippen LogP contribution in [0.3, 0.4) is 0 Å². The van der Waals surface area contributed by atoms with Gasteiger partial charge in [0.25, 0.3) is 0 Å². The lowest BCUT2D eigenvalue weighted by Crippen LogP contribution is -2.19. The van der Waals surface area contributed by atoms with Gasteiger partial charge in [-0.1, -0.05) is 29.8 Å². The molecule has 1 aliphatic rings. The first-order valence-electron chi connectivity index (χ1n) is 7.39. The van der Waals surface area contributed by atoms with Gasteiger partial charge in [0, 0.05) is 23.0 Å². The van der Waals surface area contributed by atoms with Crippen molar-refractivity contribution in [3.05, 3.63) is 59.4 Å². The number of nitrogens with one attached hydrogen (secondary N) is 2. The molecule has 110 valence electrons. The third-order valence-electron chi connectivity index (χ3n) is 4.01. The van der Waals surface area contributed by atoms with Gasteiger partial charge in [-0.05, 0) is 30.7 Å². The molecule has 22 heavy (non-hydrogen) atoms. The zero-order valence-corrected chi connectivity index (χ0v) is 12.3. The second-order valence-corrected chi connectivity index (χ2v) is 5.59. The van der Waals surface area contributed by atoms with Gasteiger partial charge in [-0.25, -0.2) is 4.39 Å². The third-order valence-corrected chi connectivity index (χ3v) is 4.01. The first kappa shape index (κ1) is 13.1. The molecule has 0 radical (unpaired) electrons. The van der Waals surface area contributed by atoms with Crippen LogP contribution in [0.2, 0.25) is 0 Å². The molecule has 3 aromatic rings. The quantitative estimate of drug-likeness (QED) is 0.744.